The Kier molecular flexibility index (Phi) is 3.52. The number of amides is 1. The maximum Gasteiger partial charge on any atom is 0.272 e. The van der Waals surface area contributed by atoms with Gasteiger partial charge in [0.1, 0.15) is 11.5 Å². The van der Waals surface area contributed by atoms with E-state index < -0.39 is 5.60 Å². The van der Waals surface area contributed by atoms with Crippen molar-refractivity contribution in [1.29, 1.82) is 0 Å². The van der Waals surface area contributed by atoms with E-state index in [1.54, 1.807) is 17.9 Å². The third-order valence-corrected chi connectivity index (χ3v) is 3.07. The highest BCUT2D eigenvalue weighted by Crippen LogP contribution is 2.21. The summed E-state index contributed by atoms with van der Waals surface area (Å²) in [5, 5.41) is 13.0. The summed E-state index contributed by atoms with van der Waals surface area (Å²) >= 11 is 0. The Morgan fingerprint density at radius 1 is 1.61 bits per heavy atom. The van der Waals surface area contributed by atoms with Crippen LogP contribution in [0.3, 0.4) is 0 Å². The van der Waals surface area contributed by atoms with Gasteiger partial charge in [0.05, 0.1) is 5.60 Å². The number of aromatic nitrogens is 1. The molecule has 1 saturated heterocycles. The van der Waals surface area contributed by atoms with Crippen LogP contribution in [0.4, 0.5) is 5.82 Å². The number of nitrogens with one attached hydrogen (secondary N) is 1. The van der Waals surface area contributed by atoms with Crippen molar-refractivity contribution in [3.05, 3.63) is 23.9 Å². The van der Waals surface area contributed by atoms with Crippen LogP contribution < -0.4 is 5.32 Å². The quantitative estimate of drug-likeness (QED) is 0.842. The van der Waals surface area contributed by atoms with E-state index in [2.05, 4.69) is 10.3 Å². The van der Waals surface area contributed by atoms with Crippen molar-refractivity contribution in [3.63, 3.8) is 0 Å². The van der Waals surface area contributed by atoms with Gasteiger partial charge >= 0.3 is 0 Å². The van der Waals surface area contributed by atoms with Crippen molar-refractivity contribution in [2.45, 2.75) is 25.9 Å². The zero-order valence-corrected chi connectivity index (χ0v) is 10.8. The molecule has 98 valence electrons. The Hall–Kier alpha value is -1.62. The average Bonchev–Trinajstić information content (AvgIpc) is 2.70. The van der Waals surface area contributed by atoms with Crippen molar-refractivity contribution < 1.29 is 9.90 Å². The topological polar surface area (TPSA) is 65.5 Å². The molecule has 5 heteroatoms. The molecule has 0 aromatic carbocycles. The van der Waals surface area contributed by atoms with E-state index >= 15 is 0 Å². The van der Waals surface area contributed by atoms with E-state index in [-0.39, 0.29) is 5.91 Å². The molecule has 5 nitrogen and oxygen atoms in total. The minimum atomic E-state index is -0.769. The first-order valence-corrected chi connectivity index (χ1v) is 6.24. The summed E-state index contributed by atoms with van der Waals surface area (Å²) in [4.78, 5) is 18.1. The zero-order chi connectivity index (χ0) is 13.2. The molecule has 1 amide bonds. The third kappa shape index (κ3) is 2.79. The van der Waals surface area contributed by atoms with Gasteiger partial charge in [0.15, 0.2) is 0 Å². The summed E-state index contributed by atoms with van der Waals surface area (Å²) in [5.74, 6) is 0.585. The predicted molar refractivity (Wildman–Crippen MR) is 69.5 cm³/mol. The van der Waals surface area contributed by atoms with Gasteiger partial charge in [0.2, 0.25) is 0 Å². The summed E-state index contributed by atoms with van der Waals surface area (Å²) in [6, 6.07) is 5.35. The molecule has 18 heavy (non-hydrogen) atoms. The van der Waals surface area contributed by atoms with Crippen LogP contribution in [0.1, 0.15) is 30.8 Å². The standard InChI is InChI=1S/C13H19N3O2/c1-3-14-11-6-4-5-10(15-11)12(17)16-8-7-13(2,18)9-16/h4-6,18H,3,7-9H2,1-2H3,(H,14,15). The van der Waals surface area contributed by atoms with Crippen molar-refractivity contribution in [2.24, 2.45) is 0 Å². The number of β-amino-alcohol motifs (C(OH)–C–C–N with tert-alkyl or cyclic N) is 1. The molecule has 2 N–H and O–H groups in total. The summed E-state index contributed by atoms with van der Waals surface area (Å²) in [6.45, 7) is 5.46. The lowest BCUT2D eigenvalue weighted by atomic mass is 10.1. The van der Waals surface area contributed by atoms with E-state index in [0.29, 0.717) is 31.0 Å². The van der Waals surface area contributed by atoms with Gasteiger partial charge in [-0.3, -0.25) is 4.79 Å². The number of pyridine rings is 1. The number of hydrogen-bond acceptors (Lipinski definition) is 4. The minimum absolute atomic E-state index is 0.118. The van der Waals surface area contributed by atoms with Crippen LogP contribution >= 0.6 is 0 Å². The van der Waals surface area contributed by atoms with Crippen molar-refractivity contribution in [2.75, 3.05) is 25.0 Å². The van der Waals surface area contributed by atoms with Crippen LogP contribution in [0.25, 0.3) is 0 Å². The second kappa shape index (κ2) is 4.94. The monoisotopic (exact) mass is 249 g/mol. The van der Waals surface area contributed by atoms with Gasteiger partial charge in [0, 0.05) is 19.6 Å². The fourth-order valence-corrected chi connectivity index (χ4v) is 2.11. The first-order chi connectivity index (χ1) is 8.52. The molecule has 2 heterocycles. The molecule has 1 atom stereocenters. The van der Waals surface area contributed by atoms with Gasteiger partial charge in [-0.15, -0.1) is 0 Å². The number of carbonyl (C=O) groups is 1. The predicted octanol–water partition coefficient (Wildman–Crippen LogP) is 1.11. The third-order valence-electron chi connectivity index (χ3n) is 3.07. The lowest BCUT2D eigenvalue weighted by Crippen LogP contribution is -2.34. The Balaban J connectivity index is 2.12. The van der Waals surface area contributed by atoms with Crippen molar-refractivity contribution in [1.82, 2.24) is 9.88 Å². The maximum absolute atomic E-state index is 12.2. The molecule has 1 unspecified atom stereocenters. The van der Waals surface area contributed by atoms with Crippen molar-refractivity contribution >= 4 is 11.7 Å². The smallest absolute Gasteiger partial charge is 0.272 e. The normalized spacial score (nSPS) is 23.2. The second-order valence-corrected chi connectivity index (χ2v) is 4.91. The Labute approximate surface area is 107 Å². The first kappa shape index (κ1) is 12.8. The lowest BCUT2D eigenvalue weighted by molar-refractivity contribution is 0.0569. The average molecular weight is 249 g/mol. The van der Waals surface area contributed by atoms with Gasteiger partial charge in [-0.05, 0) is 32.4 Å². The molecule has 0 saturated carbocycles. The molecule has 0 spiro atoms. The van der Waals surface area contributed by atoms with Crippen LogP contribution in [0.2, 0.25) is 0 Å². The van der Waals surface area contributed by atoms with E-state index in [1.807, 2.05) is 19.1 Å². The molecule has 0 radical (unpaired) electrons. The van der Waals surface area contributed by atoms with Gasteiger partial charge in [-0.25, -0.2) is 4.98 Å². The van der Waals surface area contributed by atoms with Gasteiger partial charge in [-0.1, -0.05) is 6.07 Å². The molecule has 1 fully saturated rings. The van der Waals surface area contributed by atoms with E-state index in [1.165, 1.54) is 0 Å². The number of likely N-dealkylation sites (tertiary alicyclic amines) is 1. The molecular weight excluding hydrogens is 230 g/mol. The number of anilines is 1. The minimum Gasteiger partial charge on any atom is -0.388 e. The summed E-state index contributed by atoms with van der Waals surface area (Å²) in [7, 11) is 0. The van der Waals surface area contributed by atoms with E-state index in [9.17, 15) is 9.90 Å². The van der Waals surface area contributed by atoms with Gasteiger partial charge in [0.25, 0.3) is 5.91 Å². The molecule has 1 aromatic heterocycles. The molecule has 0 bridgehead atoms. The molecule has 1 aliphatic heterocycles. The van der Waals surface area contributed by atoms with Gasteiger partial charge in [-0.2, -0.15) is 0 Å². The number of aliphatic hydroxyl groups is 1. The van der Waals surface area contributed by atoms with Gasteiger partial charge < -0.3 is 15.3 Å². The summed E-state index contributed by atoms with van der Waals surface area (Å²) in [5.41, 5.74) is -0.347. The van der Waals surface area contributed by atoms with Crippen LogP contribution in [0.5, 0.6) is 0 Å². The molecule has 1 aromatic rings. The van der Waals surface area contributed by atoms with E-state index in [0.717, 1.165) is 6.54 Å². The fraction of sp³-hybridized carbons (Fsp3) is 0.538. The number of hydrogen-bond donors (Lipinski definition) is 2. The summed E-state index contributed by atoms with van der Waals surface area (Å²) < 4.78 is 0. The zero-order valence-electron chi connectivity index (χ0n) is 10.8. The molecular formula is C13H19N3O2. The maximum atomic E-state index is 12.2. The number of nitrogens with zero attached hydrogens (tertiary/aromatic N) is 2. The Morgan fingerprint density at radius 3 is 3.00 bits per heavy atom. The van der Waals surface area contributed by atoms with Crippen LogP contribution in [-0.2, 0) is 0 Å². The highest BCUT2D eigenvalue weighted by molar-refractivity contribution is 5.93. The summed E-state index contributed by atoms with van der Waals surface area (Å²) in [6.07, 6.45) is 0.617. The Morgan fingerprint density at radius 2 is 2.39 bits per heavy atom. The SMILES string of the molecule is CCNc1cccc(C(=O)N2CCC(C)(O)C2)n1. The highest BCUT2D eigenvalue weighted by Gasteiger charge is 2.34. The Bertz CT molecular complexity index is 446. The van der Waals surface area contributed by atoms with Crippen molar-refractivity contribution in [3.8, 4) is 0 Å². The molecule has 1 aliphatic rings. The van der Waals surface area contributed by atoms with Crippen LogP contribution in [0, 0.1) is 0 Å². The molecule has 2 rings (SSSR count). The second-order valence-electron chi connectivity index (χ2n) is 4.91. The number of rotatable bonds is 3. The largest absolute Gasteiger partial charge is 0.388 e. The van der Waals surface area contributed by atoms with E-state index in [4.69, 9.17) is 0 Å². The van der Waals surface area contributed by atoms with Crippen LogP contribution in [-0.4, -0.2) is 46.1 Å². The number of carbonyl (C=O) groups excluding carboxylic acids is 1. The lowest BCUT2D eigenvalue weighted by Gasteiger charge is -2.18. The first-order valence-electron chi connectivity index (χ1n) is 6.24. The fourth-order valence-electron chi connectivity index (χ4n) is 2.11. The highest BCUT2D eigenvalue weighted by atomic mass is 16.3. The van der Waals surface area contributed by atoms with Crippen LogP contribution in [0.15, 0.2) is 18.2 Å². The molecule has 0 aliphatic carbocycles.